The van der Waals surface area contributed by atoms with Gasteiger partial charge in [-0.25, -0.2) is 0 Å². The highest BCUT2D eigenvalue weighted by atomic mass is 32.1. The summed E-state index contributed by atoms with van der Waals surface area (Å²) >= 11 is 4.38. The zero-order valence-corrected chi connectivity index (χ0v) is 8.78. The van der Waals surface area contributed by atoms with E-state index in [2.05, 4.69) is 29.6 Å². The molecule has 14 heavy (non-hydrogen) atoms. The SMILES string of the molecule is CCn1cc(S)c(-c2ccncc2)n1. The summed E-state index contributed by atoms with van der Waals surface area (Å²) in [5.74, 6) is 0. The first kappa shape index (κ1) is 9.27. The summed E-state index contributed by atoms with van der Waals surface area (Å²) in [6, 6.07) is 3.87. The van der Waals surface area contributed by atoms with Gasteiger partial charge in [-0.3, -0.25) is 9.67 Å². The Kier molecular flexibility index (Phi) is 2.54. The van der Waals surface area contributed by atoms with Crippen LogP contribution in [0, 0.1) is 0 Å². The van der Waals surface area contributed by atoms with E-state index in [1.54, 1.807) is 12.4 Å². The van der Waals surface area contributed by atoms with Crippen LogP contribution in [-0.4, -0.2) is 14.8 Å². The van der Waals surface area contributed by atoms with Crippen LogP contribution >= 0.6 is 12.6 Å². The van der Waals surface area contributed by atoms with E-state index in [0.717, 1.165) is 22.7 Å². The zero-order valence-electron chi connectivity index (χ0n) is 7.88. The number of hydrogen-bond donors (Lipinski definition) is 1. The summed E-state index contributed by atoms with van der Waals surface area (Å²) in [5.41, 5.74) is 1.97. The summed E-state index contributed by atoms with van der Waals surface area (Å²) < 4.78 is 1.87. The van der Waals surface area contributed by atoms with Crippen LogP contribution in [0.25, 0.3) is 11.3 Å². The lowest BCUT2D eigenvalue weighted by Crippen LogP contribution is -1.93. The predicted molar refractivity (Wildman–Crippen MR) is 58.4 cm³/mol. The summed E-state index contributed by atoms with van der Waals surface area (Å²) in [6.07, 6.45) is 5.44. The monoisotopic (exact) mass is 205 g/mol. The Labute approximate surface area is 88.2 Å². The van der Waals surface area contributed by atoms with Gasteiger partial charge in [-0.2, -0.15) is 5.10 Å². The number of aryl methyl sites for hydroxylation is 1. The average molecular weight is 205 g/mol. The van der Waals surface area contributed by atoms with E-state index in [9.17, 15) is 0 Å². The summed E-state index contributed by atoms with van der Waals surface area (Å²) in [5, 5.41) is 4.41. The van der Waals surface area contributed by atoms with Crippen LogP contribution in [0.2, 0.25) is 0 Å². The molecule has 0 N–H and O–H groups in total. The fourth-order valence-electron chi connectivity index (χ4n) is 1.29. The highest BCUT2D eigenvalue weighted by Crippen LogP contribution is 2.23. The molecule has 0 saturated heterocycles. The van der Waals surface area contributed by atoms with Gasteiger partial charge in [0.05, 0.1) is 4.90 Å². The molecule has 0 fully saturated rings. The van der Waals surface area contributed by atoms with Crippen LogP contribution in [0.1, 0.15) is 6.92 Å². The van der Waals surface area contributed by atoms with Crippen LogP contribution < -0.4 is 0 Å². The van der Waals surface area contributed by atoms with E-state index in [-0.39, 0.29) is 0 Å². The Bertz CT molecular complexity index is 422. The highest BCUT2D eigenvalue weighted by Gasteiger charge is 2.06. The molecule has 0 atom stereocenters. The van der Waals surface area contributed by atoms with Gasteiger partial charge >= 0.3 is 0 Å². The number of aromatic nitrogens is 3. The number of nitrogens with zero attached hydrogens (tertiary/aromatic N) is 3. The third kappa shape index (κ3) is 1.65. The maximum atomic E-state index is 4.41. The minimum atomic E-state index is 0.860. The number of thiol groups is 1. The second-order valence-electron chi connectivity index (χ2n) is 2.95. The Morgan fingerprint density at radius 2 is 2.07 bits per heavy atom. The summed E-state index contributed by atoms with van der Waals surface area (Å²) in [7, 11) is 0. The molecular weight excluding hydrogens is 194 g/mol. The molecule has 0 radical (unpaired) electrons. The van der Waals surface area contributed by atoms with Crippen molar-refractivity contribution in [2.24, 2.45) is 0 Å². The first-order chi connectivity index (χ1) is 6.81. The average Bonchev–Trinajstić information content (AvgIpc) is 2.61. The lowest BCUT2D eigenvalue weighted by atomic mass is 10.2. The number of rotatable bonds is 2. The molecule has 72 valence electrons. The van der Waals surface area contributed by atoms with Crippen molar-refractivity contribution in [2.75, 3.05) is 0 Å². The van der Waals surface area contributed by atoms with Gasteiger partial charge in [-0.05, 0) is 19.1 Å². The smallest absolute Gasteiger partial charge is 0.106 e. The molecule has 0 aliphatic rings. The zero-order chi connectivity index (χ0) is 9.97. The molecule has 2 rings (SSSR count). The van der Waals surface area contributed by atoms with Gasteiger partial charge in [-0.1, -0.05) is 0 Å². The Morgan fingerprint density at radius 1 is 1.36 bits per heavy atom. The summed E-state index contributed by atoms with van der Waals surface area (Å²) in [6.45, 7) is 2.91. The van der Waals surface area contributed by atoms with Gasteiger partial charge in [-0.15, -0.1) is 12.6 Å². The molecule has 2 heterocycles. The minimum Gasteiger partial charge on any atom is -0.271 e. The maximum absolute atomic E-state index is 4.41. The quantitative estimate of drug-likeness (QED) is 0.762. The Hall–Kier alpha value is -1.29. The number of hydrogen-bond acceptors (Lipinski definition) is 3. The van der Waals surface area contributed by atoms with Gasteiger partial charge in [0.1, 0.15) is 5.69 Å². The van der Waals surface area contributed by atoms with Crippen molar-refractivity contribution in [3.63, 3.8) is 0 Å². The van der Waals surface area contributed by atoms with Crippen LogP contribution in [0.5, 0.6) is 0 Å². The van der Waals surface area contributed by atoms with E-state index >= 15 is 0 Å². The molecule has 0 aliphatic heterocycles. The third-order valence-electron chi connectivity index (χ3n) is 2.02. The third-order valence-corrected chi connectivity index (χ3v) is 2.35. The lowest BCUT2D eigenvalue weighted by Gasteiger charge is -1.96. The summed E-state index contributed by atoms with van der Waals surface area (Å²) in [4.78, 5) is 4.87. The highest BCUT2D eigenvalue weighted by molar-refractivity contribution is 7.80. The first-order valence-corrected chi connectivity index (χ1v) is 4.93. The van der Waals surface area contributed by atoms with Crippen molar-refractivity contribution >= 4 is 12.6 Å². The molecule has 2 aromatic heterocycles. The molecule has 0 saturated carbocycles. The molecule has 0 aliphatic carbocycles. The van der Waals surface area contributed by atoms with E-state index < -0.39 is 0 Å². The molecule has 3 nitrogen and oxygen atoms in total. The van der Waals surface area contributed by atoms with Crippen LogP contribution in [0.15, 0.2) is 35.6 Å². The van der Waals surface area contributed by atoms with Crippen LogP contribution in [0.4, 0.5) is 0 Å². The van der Waals surface area contributed by atoms with Crippen molar-refractivity contribution in [3.8, 4) is 11.3 Å². The topological polar surface area (TPSA) is 30.7 Å². The molecular formula is C10H11N3S. The van der Waals surface area contributed by atoms with Crippen molar-refractivity contribution < 1.29 is 0 Å². The van der Waals surface area contributed by atoms with Crippen molar-refractivity contribution in [3.05, 3.63) is 30.7 Å². The standard InChI is InChI=1S/C10H11N3S/c1-2-13-7-9(14)10(12-13)8-3-5-11-6-4-8/h3-7,14H,2H2,1H3. The Balaban J connectivity index is 2.46. The van der Waals surface area contributed by atoms with E-state index in [4.69, 9.17) is 0 Å². The minimum absolute atomic E-state index is 0.860. The largest absolute Gasteiger partial charge is 0.271 e. The van der Waals surface area contributed by atoms with Crippen molar-refractivity contribution in [1.82, 2.24) is 14.8 Å². The molecule has 0 aromatic carbocycles. The predicted octanol–water partition coefficient (Wildman–Crippen LogP) is 2.25. The Morgan fingerprint density at radius 3 is 2.64 bits per heavy atom. The second kappa shape index (κ2) is 3.84. The lowest BCUT2D eigenvalue weighted by molar-refractivity contribution is 0.661. The van der Waals surface area contributed by atoms with Gasteiger partial charge < -0.3 is 0 Å². The molecule has 0 amide bonds. The molecule has 0 bridgehead atoms. The van der Waals surface area contributed by atoms with E-state index in [1.807, 2.05) is 23.0 Å². The maximum Gasteiger partial charge on any atom is 0.106 e. The normalized spacial score (nSPS) is 10.4. The van der Waals surface area contributed by atoms with Crippen molar-refractivity contribution in [1.29, 1.82) is 0 Å². The van der Waals surface area contributed by atoms with E-state index in [1.165, 1.54) is 0 Å². The van der Waals surface area contributed by atoms with E-state index in [0.29, 0.717) is 0 Å². The van der Waals surface area contributed by atoms with Crippen LogP contribution in [0.3, 0.4) is 0 Å². The van der Waals surface area contributed by atoms with Gasteiger partial charge in [0.2, 0.25) is 0 Å². The second-order valence-corrected chi connectivity index (χ2v) is 3.44. The molecule has 2 aromatic rings. The van der Waals surface area contributed by atoms with Crippen molar-refractivity contribution in [2.45, 2.75) is 18.4 Å². The van der Waals surface area contributed by atoms with Gasteiger partial charge in [0.25, 0.3) is 0 Å². The molecule has 0 spiro atoms. The van der Waals surface area contributed by atoms with Crippen LogP contribution in [-0.2, 0) is 6.54 Å². The number of pyridine rings is 1. The molecule has 4 heteroatoms. The fourth-order valence-corrected chi connectivity index (χ4v) is 1.60. The van der Waals surface area contributed by atoms with Gasteiger partial charge in [0, 0.05) is 30.7 Å². The first-order valence-electron chi connectivity index (χ1n) is 4.48. The fraction of sp³-hybridized carbons (Fsp3) is 0.200. The van der Waals surface area contributed by atoms with Gasteiger partial charge in [0.15, 0.2) is 0 Å². The molecule has 0 unspecified atom stereocenters.